The molecule has 2 unspecified atom stereocenters. The smallest absolute Gasteiger partial charge is 0.0561 e. The van der Waals surface area contributed by atoms with Crippen LogP contribution < -0.4 is 5.32 Å². The molecule has 0 aliphatic rings. The van der Waals surface area contributed by atoms with E-state index in [0.29, 0.717) is 12.1 Å². The lowest BCUT2D eigenvalue weighted by molar-refractivity contribution is 0.106. The van der Waals surface area contributed by atoms with Crippen LogP contribution in [0.25, 0.3) is 0 Å². The molecule has 0 aliphatic heterocycles. The van der Waals surface area contributed by atoms with Crippen LogP contribution in [0.15, 0.2) is 11.4 Å². The van der Waals surface area contributed by atoms with Gasteiger partial charge < -0.3 is 10.1 Å². The topological polar surface area (TPSA) is 21.3 Å². The molecule has 0 aromatic carbocycles. The van der Waals surface area contributed by atoms with Gasteiger partial charge in [0.1, 0.15) is 0 Å². The van der Waals surface area contributed by atoms with Crippen molar-refractivity contribution in [1.29, 1.82) is 0 Å². The summed E-state index contributed by atoms with van der Waals surface area (Å²) < 4.78 is 5.24. The molecular weight excluding hydrogens is 230 g/mol. The standard InChI is InChI=1S/C11H18ClNOS/c1-8(14-3)4-5-10(13-2)11-9(12)6-7-15-11/h6-8,10,13H,4-5H2,1-3H3. The highest BCUT2D eigenvalue weighted by atomic mass is 35.5. The van der Waals surface area contributed by atoms with Crippen LogP contribution in [-0.2, 0) is 4.74 Å². The van der Waals surface area contributed by atoms with E-state index in [1.54, 1.807) is 18.4 Å². The monoisotopic (exact) mass is 247 g/mol. The number of rotatable bonds is 6. The van der Waals surface area contributed by atoms with Gasteiger partial charge in [-0.1, -0.05) is 11.6 Å². The molecule has 0 saturated carbocycles. The minimum atomic E-state index is 0.305. The highest BCUT2D eigenvalue weighted by Gasteiger charge is 2.15. The predicted octanol–water partition coefficient (Wildman–Crippen LogP) is 3.48. The first kappa shape index (κ1) is 13.0. The molecule has 2 atom stereocenters. The van der Waals surface area contributed by atoms with Crippen LogP contribution in [0.4, 0.5) is 0 Å². The Morgan fingerprint density at radius 1 is 1.53 bits per heavy atom. The molecule has 0 saturated heterocycles. The summed E-state index contributed by atoms with van der Waals surface area (Å²) in [7, 11) is 3.72. The first-order chi connectivity index (χ1) is 7.19. The van der Waals surface area contributed by atoms with Gasteiger partial charge in [0.25, 0.3) is 0 Å². The minimum Gasteiger partial charge on any atom is -0.382 e. The van der Waals surface area contributed by atoms with Gasteiger partial charge in [-0.2, -0.15) is 0 Å². The highest BCUT2D eigenvalue weighted by molar-refractivity contribution is 7.10. The maximum Gasteiger partial charge on any atom is 0.0561 e. The molecular formula is C11H18ClNOS. The van der Waals surface area contributed by atoms with Gasteiger partial charge in [0.2, 0.25) is 0 Å². The van der Waals surface area contributed by atoms with Crippen LogP contribution in [0.2, 0.25) is 5.02 Å². The summed E-state index contributed by atoms with van der Waals surface area (Å²) in [5, 5.41) is 6.19. The van der Waals surface area contributed by atoms with E-state index in [2.05, 4.69) is 12.2 Å². The lowest BCUT2D eigenvalue weighted by Crippen LogP contribution is -2.18. The summed E-state index contributed by atoms with van der Waals surface area (Å²) in [6.45, 7) is 2.09. The second-order valence-electron chi connectivity index (χ2n) is 3.60. The second kappa shape index (κ2) is 6.48. The van der Waals surface area contributed by atoms with Crippen molar-refractivity contribution in [3.05, 3.63) is 21.3 Å². The van der Waals surface area contributed by atoms with Gasteiger partial charge >= 0.3 is 0 Å². The van der Waals surface area contributed by atoms with Gasteiger partial charge in [-0.05, 0) is 38.3 Å². The number of hydrogen-bond donors (Lipinski definition) is 1. The van der Waals surface area contributed by atoms with Crippen molar-refractivity contribution < 1.29 is 4.74 Å². The number of hydrogen-bond acceptors (Lipinski definition) is 3. The SMILES string of the molecule is CNC(CCC(C)OC)c1sccc1Cl. The van der Waals surface area contributed by atoms with E-state index in [1.807, 2.05) is 18.5 Å². The molecule has 2 nitrogen and oxygen atoms in total. The fourth-order valence-corrected chi connectivity index (χ4v) is 2.81. The van der Waals surface area contributed by atoms with Crippen molar-refractivity contribution >= 4 is 22.9 Å². The Hall–Kier alpha value is -0.0900. The molecule has 1 aromatic rings. The van der Waals surface area contributed by atoms with Crippen molar-refractivity contribution in [1.82, 2.24) is 5.32 Å². The highest BCUT2D eigenvalue weighted by Crippen LogP contribution is 2.31. The van der Waals surface area contributed by atoms with E-state index in [9.17, 15) is 0 Å². The Balaban J connectivity index is 2.53. The van der Waals surface area contributed by atoms with Crippen molar-refractivity contribution in [2.24, 2.45) is 0 Å². The summed E-state index contributed by atoms with van der Waals surface area (Å²) in [5.74, 6) is 0. The van der Waals surface area contributed by atoms with E-state index in [4.69, 9.17) is 16.3 Å². The summed E-state index contributed by atoms with van der Waals surface area (Å²) in [5.41, 5.74) is 0. The van der Waals surface area contributed by atoms with E-state index in [-0.39, 0.29) is 0 Å². The molecule has 86 valence electrons. The van der Waals surface area contributed by atoms with Gasteiger partial charge in [0.05, 0.1) is 11.1 Å². The van der Waals surface area contributed by atoms with Crippen molar-refractivity contribution in [2.75, 3.05) is 14.2 Å². The molecule has 15 heavy (non-hydrogen) atoms. The minimum absolute atomic E-state index is 0.305. The fourth-order valence-electron chi connectivity index (χ4n) is 1.48. The second-order valence-corrected chi connectivity index (χ2v) is 4.95. The Labute approximate surface area is 101 Å². The Morgan fingerprint density at radius 2 is 2.27 bits per heavy atom. The zero-order valence-electron chi connectivity index (χ0n) is 9.42. The average molecular weight is 248 g/mol. The lowest BCUT2D eigenvalue weighted by atomic mass is 10.1. The van der Waals surface area contributed by atoms with E-state index < -0.39 is 0 Å². The first-order valence-electron chi connectivity index (χ1n) is 5.12. The van der Waals surface area contributed by atoms with Crippen LogP contribution in [0.5, 0.6) is 0 Å². The average Bonchev–Trinajstić information content (AvgIpc) is 2.65. The number of ether oxygens (including phenoxy) is 1. The zero-order valence-corrected chi connectivity index (χ0v) is 11.0. The summed E-state index contributed by atoms with van der Waals surface area (Å²) >= 11 is 7.81. The third kappa shape index (κ3) is 3.76. The molecule has 4 heteroatoms. The maximum absolute atomic E-state index is 6.10. The van der Waals surface area contributed by atoms with Gasteiger partial charge in [-0.15, -0.1) is 11.3 Å². The normalized spacial score (nSPS) is 15.2. The van der Waals surface area contributed by atoms with Crippen LogP contribution in [0, 0.1) is 0 Å². The maximum atomic E-state index is 6.10. The molecule has 0 bridgehead atoms. The van der Waals surface area contributed by atoms with Crippen LogP contribution >= 0.6 is 22.9 Å². The number of thiophene rings is 1. The molecule has 1 heterocycles. The van der Waals surface area contributed by atoms with Crippen molar-refractivity contribution in [3.63, 3.8) is 0 Å². The Bertz CT molecular complexity index is 290. The fraction of sp³-hybridized carbons (Fsp3) is 0.636. The molecule has 0 radical (unpaired) electrons. The molecule has 0 aliphatic carbocycles. The van der Waals surface area contributed by atoms with Gasteiger partial charge in [0.15, 0.2) is 0 Å². The van der Waals surface area contributed by atoms with Crippen LogP contribution in [0.3, 0.4) is 0 Å². The predicted molar refractivity (Wildman–Crippen MR) is 66.8 cm³/mol. The molecule has 0 amide bonds. The third-order valence-electron chi connectivity index (χ3n) is 2.57. The summed E-state index contributed by atoms with van der Waals surface area (Å²) in [6.07, 6.45) is 2.39. The van der Waals surface area contributed by atoms with Crippen molar-refractivity contribution in [2.45, 2.75) is 31.9 Å². The van der Waals surface area contributed by atoms with E-state index >= 15 is 0 Å². The van der Waals surface area contributed by atoms with Crippen LogP contribution in [-0.4, -0.2) is 20.3 Å². The van der Waals surface area contributed by atoms with Gasteiger partial charge in [-0.25, -0.2) is 0 Å². The Morgan fingerprint density at radius 3 is 2.73 bits per heavy atom. The number of halogens is 1. The third-order valence-corrected chi connectivity index (χ3v) is 4.05. The number of nitrogens with one attached hydrogen (secondary N) is 1. The van der Waals surface area contributed by atoms with E-state index in [1.165, 1.54) is 4.88 Å². The van der Waals surface area contributed by atoms with Crippen molar-refractivity contribution in [3.8, 4) is 0 Å². The Kier molecular flexibility index (Phi) is 5.61. The molecule has 1 N–H and O–H groups in total. The van der Waals surface area contributed by atoms with Crippen LogP contribution in [0.1, 0.15) is 30.7 Å². The molecule has 1 aromatic heterocycles. The molecule has 0 spiro atoms. The summed E-state index contributed by atoms with van der Waals surface area (Å²) in [4.78, 5) is 1.22. The van der Waals surface area contributed by atoms with E-state index in [0.717, 1.165) is 17.9 Å². The molecule has 1 rings (SSSR count). The molecule has 0 fully saturated rings. The number of methoxy groups -OCH3 is 1. The van der Waals surface area contributed by atoms with Gasteiger partial charge in [-0.3, -0.25) is 0 Å². The quantitative estimate of drug-likeness (QED) is 0.831. The lowest BCUT2D eigenvalue weighted by Gasteiger charge is -2.17. The largest absolute Gasteiger partial charge is 0.382 e. The first-order valence-corrected chi connectivity index (χ1v) is 6.37. The zero-order chi connectivity index (χ0) is 11.3. The van der Waals surface area contributed by atoms with Gasteiger partial charge in [0, 0.05) is 18.0 Å². The summed E-state index contributed by atoms with van der Waals surface area (Å²) in [6, 6.07) is 2.29.